The van der Waals surface area contributed by atoms with Gasteiger partial charge in [0.05, 0.1) is 41.4 Å². The van der Waals surface area contributed by atoms with Crippen LogP contribution in [-0.4, -0.2) is 47.7 Å². The fourth-order valence-corrected chi connectivity index (χ4v) is 4.50. The monoisotopic (exact) mass is 416 g/mol. The van der Waals surface area contributed by atoms with Gasteiger partial charge in [-0.05, 0) is 38.2 Å². The molecule has 2 fully saturated rings. The Balaban J connectivity index is 2.02. The smallest absolute Gasteiger partial charge is 0.343 e. The van der Waals surface area contributed by atoms with Crippen LogP contribution in [0, 0.1) is 11.7 Å². The molecule has 2 heterocycles. The van der Waals surface area contributed by atoms with Crippen molar-refractivity contribution in [3.8, 4) is 0 Å². The maximum Gasteiger partial charge on any atom is 0.343 e. The van der Waals surface area contributed by atoms with E-state index in [0.717, 1.165) is 18.9 Å². The Bertz CT molecular complexity index is 1080. The predicted octanol–water partition coefficient (Wildman–Crippen LogP) is 2.67. The lowest BCUT2D eigenvalue weighted by Crippen LogP contribution is -2.34. The topological polar surface area (TPSA) is 88.8 Å². The third-order valence-electron chi connectivity index (χ3n) is 5.95. The van der Waals surface area contributed by atoms with Crippen molar-refractivity contribution in [3.63, 3.8) is 0 Å². The Kier molecular flexibility index (Phi) is 5.36. The van der Waals surface area contributed by atoms with E-state index < -0.39 is 17.2 Å². The molecule has 0 spiro atoms. The lowest BCUT2D eigenvalue weighted by molar-refractivity contribution is 0.0524. The van der Waals surface area contributed by atoms with Crippen molar-refractivity contribution >= 4 is 28.8 Å². The van der Waals surface area contributed by atoms with Crippen molar-refractivity contribution in [2.75, 3.05) is 24.7 Å². The molecule has 2 aliphatic rings. The minimum Gasteiger partial charge on any atom is -0.462 e. The van der Waals surface area contributed by atoms with Gasteiger partial charge in [0, 0.05) is 18.8 Å². The van der Waals surface area contributed by atoms with Gasteiger partial charge in [0.2, 0.25) is 5.43 Å². The average molecular weight is 416 g/mol. The van der Waals surface area contributed by atoms with Crippen LogP contribution in [0.25, 0.3) is 10.9 Å². The molecular formula is C22H25FN2O5. The number of esters is 1. The third kappa shape index (κ3) is 3.29. The molecule has 0 amide bonds. The number of hydrogen-bond acceptors (Lipinski definition) is 6. The molecule has 1 saturated heterocycles. The molecule has 160 valence electrons. The van der Waals surface area contributed by atoms with Crippen molar-refractivity contribution in [1.29, 1.82) is 0 Å². The predicted molar refractivity (Wildman–Crippen MR) is 110 cm³/mol. The van der Waals surface area contributed by atoms with Crippen LogP contribution in [0.2, 0.25) is 0 Å². The SMILES string of the molecule is CCOC(=O)c1cn(C2CC2)c2c(C=O)c(N3C[C@H](C)C[C@H]3CO)c(F)cc2c1=O. The van der Waals surface area contributed by atoms with Crippen LogP contribution in [0.15, 0.2) is 17.1 Å². The van der Waals surface area contributed by atoms with Gasteiger partial charge in [-0.1, -0.05) is 6.92 Å². The first kappa shape index (κ1) is 20.5. The molecule has 30 heavy (non-hydrogen) atoms. The fourth-order valence-electron chi connectivity index (χ4n) is 4.50. The van der Waals surface area contributed by atoms with Gasteiger partial charge in [0.1, 0.15) is 11.4 Å². The van der Waals surface area contributed by atoms with Crippen molar-refractivity contribution in [2.24, 2.45) is 5.92 Å². The van der Waals surface area contributed by atoms with Gasteiger partial charge >= 0.3 is 5.97 Å². The molecule has 0 radical (unpaired) electrons. The number of anilines is 1. The standard InChI is InChI=1S/C22H25FN2O5/c1-3-30-22(29)16-9-25(13-4-5-13)19-15(21(16)28)7-18(23)20(17(19)11-27)24-8-12(2)6-14(24)10-26/h7,9,11-14,26H,3-6,8,10H2,1-2H3/t12-,14+/m1/s1. The van der Waals surface area contributed by atoms with Gasteiger partial charge < -0.3 is 19.3 Å². The van der Waals surface area contributed by atoms with E-state index in [-0.39, 0.29) is 53.4 Å². The number of halogens is 1. The number of aldehydes is 1. The number of fused-ring (bicyclic) bond motifs is 1. The summed E-state index contributed by atoms with van der Waals surface area (Å²) in [6.07, 6.45) is 4.37. The molecule has 1 aliphatic heterocycles. The summed E-state index contributed by atoms with van der Waals surface area (Å²) in [5.74, 6) is -1.24. The number of rotatable bonds is 6. The summed E-state index contributed by atoms with van der Waals surface area (Å²) in [4.78, 5) is 39.2. The highest BCUT2D eigenvalue weighted by atomic mass is 19.1. The fraction of sp³-hybridized carbons (Fsp3) is 0.500. The quantitative estimate of drug-likeness (QED) is 0.575. The molecule has 0 unspecified atom stereocenters. The van der Waals surface area contributed by atoms with Gasteiger partial charge in [-0.3, -0.25) is 9.59 Å². The summed E-state index contributed by atoms with van der Waals surface area (Å²) in [5.41, 5.74) is -0.292. The minimum absolute atomic E-state index is 0.0106. The molecule has 1 aromatic heterocycles. The van der Waals surface area contributed by atoms with Crippen LogP contribution in [0.4, 0.5) is 10.1 Å². The van der Waals surface area contributed by atoms with E-state index in [1.54, 1.807) is 16.4 Å². The summed E-state index contributed by atoms with van der Waals surface area (Å²) < 4.78 is 22.1. The molecule has 1 N–H and O–H groups in total. The summed E-state index contributed by atoms with van der Waals surface area (Å²) >= 11 is 0. The zero-order valence-electron chi connectivity index (χ0n) is 17.1. The number of nitrogens with zero attached hydrogens (tertiary/aromatic N) is 2. The summed E-state index contributed by atoms with van der Waals surface area (Å²) in [6, 6.07) is 0.842. The minimum atomic E-state index is -0.760. The zero-order chi connectivity index (χ0) is 21.6. The Labute approximate surface area is 173 Å². The molecular weight excluding hydrogens is 391 g/mol. The molecule has 4 rings (SSSR count). The van der Waals surface area contributed by atoms with Gasteiger partial charge in [-0.2, -0.15) is 0 Å². The Morgan fingerprint density at radius 3 is 2.73 bits per heavy atom. The summed E-state index contributed by atoms with van der Waals surface area (Å²) in [7, 11) is 0. The third-order valence-corrected chi connectivity index (χ3v) is 5.95. The second-order valence-electron chi connectivity index (χ2n) is 8.20. The first-order chi connectivity index (χ1) is 14.4. The number of pyridine rings is 1. The largest absolute Gasteiger partial charge is 0.462 e. The number of aliphatic hydroxyl groups excluding tert-OH is 1. The van der Waals surface area contributed by atoms with E-state index >= 15 is 4.39 Å². The number of aliphatic hydroxyl groups is 1. The highest BCUT2D eigenvalue weighted by molar-refractivity contribution is 6.04. The number of aromatic nitrogens is 1. The molecule has 1 aromatic carbocycles. The van der Waals surface area contributed by atoms with Crippen molar-refractivity contribution in [2.45, 2.75) is 45.2 Å². The average Bonchev–Trinajstić information content (AvgIpc) is 3.49. The van der Waals surface area contributed by atoms with Gasteiger partial charge in [0.15, 0.2) is 6.29 Å². The summed E-state index contributed by atoms with van der Waals surface area (Å²) in [6.45, 7) is 4.11. The highest BCUT2D eigenvalue weighted by Crippen LogP contribution is 2.41. The van der Waals surface area contributed by atoms with E-state index in [1.165, 1.54) is 6.20 Å². The first-order valence-corrected chi connectivity index (χ1v) is 10.3. The number of carbonyl (C=O) groups excluding carboxylic acids is 2. The van der Waals surface area contributed by atoms with E-state index in [1.807, 2.05) is 6.92 Å². The summed E-state index contributed by atoms with van der Waals surface area (Å²) in [5, 5.41) is 9.76. The number of ether oxygens (including phenoxy) is 1. The second kappa shape index (κ2) is 7.83. The van der Waals surface area contributed by atoms with Gasteiger partial charge in [-0.25, -0.2) is 9.18 Å². The maximum atomic E-state index is 15.3. The molecule has 0 bridgehead atoms. The van der Waals surface area contributed by atoms with E-state index in [4.69, 9.17) is 4.74 Å². The normalized spacial score (nSPS) is 21.3. The van der Waals surface area contributed by atoms with Crippen LogP contribution >= 0.6 is 0 Å². The molecule has 2 atom stereocenters. The zero-order valence-corrected chi connectivity index (χ0v) is 17.1. The lowest BCUT2D eigenvalue weighted by atomic mass is 10.0. The van der Waals surface area contributed by atoms with Gasteiger partial charge in [0.25, 0.3) is 0 Å². The molecule has 7 nitrogen and oxygen atoms in total. The van der Waals surface area contributed by atoms with Crippen LogP contribution in [0.3, 0.4) is 0 Å². The number of carbonyl (C=O) groups is 2. The second-order valence-corrected chi connectivity index (χ2v) is 8.20. The molecule has 8 heteroatoms. The molecule has 1 saturated carbocycles. The van der Waals surface area contributed by atoms with E-state index in [2.05, 4.69) is 0 Å². The number of hydrogen-bond donors (Lipinski definition) is 1. The Morgan fingerprint density at radius 2 is 2.13 bits per heavy atom. The Hall–Kier alpha value is -2.74. The van der Waals surface area contributed by atoms with E-state index in [0.29, 0.717) is 24.8 Å². The highest BCUT2D eigenvalue weighted by Gasteiger charge is 2.35. The van der Waals surface area contributed by atoms with Crippen molar-refractivity contribution in [3.05, 3.63) is 39.4 Å². The van der Waals surface area contributed by atoms with Crippen LogP contribution in [-0.2, 0) is 4.74 Å². The van der Waals surface area contributed by atoms with Crippen LogP contribution in [0.1, 0.15) is 59.9 Å². The van der Waals surface area contributed by atoms with Crippen molar-refractivity contribution in [1.82, 2.24) is 4.57 Å². The first-order valence-electron chi connectivity index (χ1n) is 10.3. The Morgan fingerprint density at radius 1 is 1.40 bits per heavy atom. The van der Waals surface area contributed by atoms with Crippen molar-refractivity contribution < 1.29 is 23.8 Å². The van der Waals surface area contributed by atoms with Crippen LogP contribution in [0.5, 0.6) is 0 Å². The molecule has 1 aliphatic carbocycles. The van der Waals surface area contributed by atoms with Gasteiger partial charge in [-0.15, -0.1) is 0 Å². The van der Waals surface area contributed by atoms with Crippen LogP contribution < -0.4 is 10.3 Å². The number of benzene rings is 1. The maximum absolute atomic E-state index is 15.3. The molecule has 2 aromatic rings. The van der Waals surface area contributed by atoms with E-state index in [9.17, 15) is 19.5 Å². The lowest BCUT2D eigenvalue weighted by Gasteiger charge is -2.28.